The highest BCUT2D eigenvalue weighted by molar-refractivity contribution is 5.11. The highest BCUT2D eigenvalue weighted by Crippen LogP contribution is 2.66. The summed E-state index contributed by atoms with van der Waals surface area (Å²) < 4.78 is 0. The molecule has 0 radical (unpaired) electrons. The van der Waals surface area contributed by atoms with Crippen LogP contribution < -0.4 is 5.32 Å². The largest absolute Gasteiger partial charge is 0.316 e. The Morgan fingerprint density at radius 1 is 1.30 bits per heavy atom. The van der Waals surface area contributed by atoms with Crippen LogP contribution in [0.5, 0.6) is 0 Å². The van der Waals surface area contributed by atoms with Gasteiger partial charge in [-0.15, -0.1) is 0 Å². The van der Waals surface area contributed by atoms with Gasteiger partial charge in [0.05, 0.1) is 0 Å². The van der Waals surface area contributed by atoms with E-state index >= 15 is 0 Å². The molecule has 1 atom stereocenters. The summed E-state index contributed by atoms with van der Waals surface area (Å²) in [5.74, 6) is 0. The average Bonchev–Trinajstić information content (AvgIpc) is 2.36. The third kappa shape index (κ3) is 0.731. The molecule has 1 aliphatic carbocycles. The monoisotopic (exact) mass is 139 g/mol. The molecule has 10 heavy (non-hydrogen) atoms. The van der Waals surface area contributed by atoms with Crippen LogP contribution in [0, 0.1) is 10.8 Å². The number of piperidine rings is 1. The smallest absolute Gasteiger partial charge is 0.00131 e. The predicted octanol–water partition coefficient (Wildman–Crippen LogP) is 1.79. The zero-order chi connectivity index (χ0) is 7.24. The fourth-order valence-corrected chi connectivity index (χ4v) is 2.50. The van der Waals surface area contributed by atoms with Crippen LogP contribution in [0.1, 0.15) is 33.1 Å². The van der Waals surface area contributed by atoms with Crippen LogP contribution in [0.15, 0.2) is 0 Å². The summed E-state index contributed by atoms with van der Waals surface area (Å²) in [6.07, 6.45) is 4.31. The predicted molar refractivity (Wildman–Crippen MR) is 42.9 cm³/mol. The highest BCUT2D eigenvalue weighted by Gasteiger charge is 2.60. The summed E-state index contributed by atoms with van der Waals surface area (Å²) in [5.41, 5.74) is 1.37. The molecular weight excluding hydrogens is 122 g/mol. The SMILES string of the molecule is CC1(C)CC12CCCNC2. The average molecular weight is 139 g/mol. The number of nitrogens with one attached hydrogen (secondary N) is 1. The lowest BCUT2D eigenvalue weighted by atomic mass is 9.88. The van der Waals surface area contributed by atoms with Crippen LogP contribution in [0.4, 0.5) is 0 Å². The van der Waals surface area contributed by atoms with Gasteiger partial charge in [-0.05, 0) is 36.6 Å². The second kappa shape index (κ2) is 1.76. The van der Waals surface area contributed by atoms with Gasteiger partial charge in [0.1, 0.15) is 0 Å². The first-order chi connectivity index (χ1) is 4.66. The molecule has 0 aromatic heterocycles. The molecule has 2 rings (SSSR count). The van der Waals surface area contributed by atoms with Gasteiger partial charge in [-0.2, -0.15) is 0 Å². The summed E-state index contributed by atoms with van der Waals surface area (Å²) in [4.78, 5) is 0. The first kappa shape index (κ1) is 6.66. The maximum atomic E-state index is 3.49. The Labute approximate surface area is 63.2 Å². The number of hydrogen-bond donors (Lipinski definition) is 1. The van der Waals surface area contributed by atoms with E-state index in [1.165, 1.54) is 32.4 Å². The van der Waals surface area contributed by atoms with E-state index in [9.17, 15) is 0 Å². The lowest BCUT2D eigenvalue weighted by Gasteiger charge is -2.25. The van der Waals surface area contributed by atoms with Gasteiger partial charge in [0.15, 0.2) is 0 Å². The van der Waals surface area contributed by atoms with E-state index in [1.807, 2.05) is 0 Å². The van der Waals surface area contributed by atoms with Gasteiger partial charge >= 0.3 is 0 Å². The van der Waals surface area contributed by atoms with Crippen molar-refractivity contribution >= 4 is 0 Å². The van der Waals surface area contributed by atoms with Gasteiger partial charge < -0.3 is 5.32 Å². The Morgan fingerprint density at radius 2 is 2.00 bits per heavy atom. The van der Waals surface area contributed by atoms with Gasteiger partial charge in [0, 0.05) is 6.54 Å². The molecule has 1 N–H and O–H groups in total. The van der Waals surface area contributed by atoms with Crippen LogP contribution in [-0.4, -0.2) is 13.1 Å². The van der Waals surface area contributed by atoms with Crippen molar-refractivity contribution in [3.05, 3.63) is 0 Å². The summed E-state index contributed by atoms with van der Waals surface area (Å²) in [6.45, 7) is 7.33. The second-order valence-corrected chi connectivity index (χ2v) is 4.62. The Hall–Kier alpha value is -0.0400. The molecule has 1 spiro atoms. The molecular formula is C9H17N. The Morgan fingerprint density at radius 3 is 2.30 bits per heavy atom. The molecule has 1 heteroatoms. The summed E-state index contributed by atoms with van der Waals surface area (Å²) >= 11 is 0. The first-order valence-electron chi connectivity index (χ1n) is 4.37. The first-order valence-corrected chi connectivity index (χ1v) is 4.37. The van der Waals surface area contributed by atoms with Crippen molar-refractivity contribution in [1.82, 2.24) is 5.32 Å². The Balaban J connectivity index is 2.05. The third-order valence-corrected chi connectivity index (χ3v) is 3.56. The maximum Gasteiger partial charge on any atom is 0.00131 e. The van der Waals surface area contributed by atoms with Crippen molar-refractivity contribution in [3.63, 3.8) is 0 Å². The van der Waals surface area contributed by atoms with Gasteiger partial charge in [0.25, 0.3) is 0 Å². The maximum absolute atomic E-state index is 3.49. The van der Waals surface area contributed by atoms with Crippen molar-refractivity contribution in [1.29, 1.82) is 0 Å². The van der Waals surface area contributed by atoms with E-state index in [1.54, 1.807) is 0 Å². The van der Waals surface area contributed by atoms with Crippen LogP contribution in [0.3, 0.4) is 0 Å². The van der Waals surface area contributed by atoms with Crippen molar-refractivity contribution in [2.24, 2.45) is 10.8 Å². The molecule has 1 saturated carbocycles. The molecule has 0 bridgehead atoms. The summed E-state index contributed by atoms with van der Waals surface area (Å²) in [5, 5.41) is 3.49. The Bertz CT molecular complexity index is 143. The van der Waals surface area contributed by atoms with Gasteiger partial charge in [-0.25, -0.2) is 0 Å². The lowest BCUT2D eigenvalue weighted by molar-refractivity contribution is 0.289. The molecule has 1 unspecified atom stereocenters. The minimum Gasteiger partial charge on any atom is -0.316 e. The normalized spacial score (nSPS) is 43.8. The fourth-order valence-electron chi connectivity index (χ4n) is 2.50. The van der Waals surface area contributed by atoms with E-state index in [2.05, 4.69) is 19.2 Å². The minimum absolute atomic E-state index is 0.653. The second-order valence-electron chi connectivity index (χ2n) is 4.62. The quantitative estimate of drug-likeness (QED) is 0.539. The van der Waals surface area contributed by atoms with E-state index in [0.29, 0.717) is 10.8 Å². The third-order valence-electron chi connectivity index (χ3n) is 3.56. The zero-order valence-corrected chi connectivity index (χ0v) is 7.04. The van der Waals surface area contributed by atoms with Gasteiger partial charge in [0.2, 0.25) is 0 Å². The number of rotatable bonds is 0. The molecule has 2 fully saturated rings. The summed E-state index contributed by atoms with van der Waals surface area (Å²) in [6, 6.07) is 0. The number of hydrogen-bond acceptors (Lipinski definition) is 1. The molecule has 58 valence electrons. The fraction of sp³-hybridized carbons (Fsp3) is 1.00. The van der Waals surface area contributed by atoms with E-state index in [4.69, 9.17) is 0 Å². The Kier molecular flexibility index (Phi) is 1.17. The zero-order valence-electron chi connectivity index (χ0n) is 7.04. The van der Waals surface area contributed by atoms with Crippen LogP contribution >= 0.6 is 0 Å². The van der Waals surface area contributed by atoms with Crippen molar-refractivity contribution in [2.45, 2.75) is 33.1 Å². The van der Waals surface area contributed by atoms with Crippen molar-refractivity contribution in [2.75, 3.05) is 13.1 Å². The molecule has 0 amide bonds. The molecule has 2 aliphatic rings. The van der Waals surface area contributed by atoms with Gasteiger partial charge in [-0.1, -0.05) is 13.8 Å². The molecule has 1 aliphatic heterocycles. The molecule has 0 aromatic carbocycles. The topological polar surface area (TPSA) is 12.0 Å². The van der Waals surface area contributed by atoms with Crippen molar-refractivity contribution < 1.29 is 0 Å². The molecule has 0 aromatic rings. The van der Waals surface area contributed by atoms with Crippen molar-refractivity contribution in [3.8, 4) is 0 Å². The van der Waals surface area contributed by atoms with Crippen LogP contribution in [-0.2, 0) is 0 Å². The van der Waals surface area contributed by atoms with Crippen LogP contribution in [0.2, 0.25) is 0 Å². The highest BCUT2D eigenvalue weighted by atomic mass is 14.9. The minimum atomic E-state index is 0.653. The van der Waals surface area contributed by atoms with E-state index in [-0.39, 0.29) is 0 Å². The van der Waals surface area contributed by atoms with Gasteiger partial charge in [-0.3, -0.25) is 0 Å². The standard InChI is InChI=1S/C9H17N/c1-8(2)6-9(8)4-3-5-10-7-9/h10H,3-7H2,1-2H3. The molecule has 1 saturated heterocycles. The summed E-state index contributed by atoms with van der Waals surface area (Å²) in [7, 11) is 0. The van der Waals surface area contributed by atoms with E-state index in [0.717, 1.165) is 0 Å². The van der Waals surface area contributed by atoms with Crippen LogP contribution in [0.25, 0.3) is 0 Å². The molecule has 1 heterocycles. The lowest BCUT2D eigenvalue weighted by Crippen LogP contribution is -2.33. The molecule has 1 nitrogen and oxygen atoms in total. The van der Waals surface area contributed by atoms with E-state index < -0.39 is 0 Å².